The van der Waals surface area contributed by atoms with E-state index >= 15 is 0 Å². The van der Waals surface area contributed by atoms with Crippen molar-refractivity contribution >= 4 is 27.5 Å². The first-order chi connectivity index (χ1) is 10.8. The minimum absolute atomic E-state index is 0.0222. The second-order valence-electron chi connectivity index (χ2n) is 5.86. The monoisotopic (exact) mass is 358 g/mol. The van der Waals surface area contributed by atoms with Gasteiger partial charge in [-0.15, -0.1) is 0 Å². The molecule has 23 heavy (non-hydrogen) atoms. The van der Waals surface area contributed by atoms with E-state index in [1.54, 1.807) is 13.0 Å². The Kier molecular flexibility index (Phi) is 6.06. The number of hydrogen-bond donors (Lipinski definition) is 1. The Balaban J connectivity index is 1.90. The van der Waals surface area contributed by atoms with Crippen LogP contribution in [0, 0.1) is 5.92 Å². The number of hydrogen-bond acceptors (Lipinski definition) is 3. The van der Waals surface area contributed by atoms with E-state index in [4.69, 9.17) is 11.6 Å². The molecule has 1 atom stereocenters. The Morgan fingerprint density at radius 3 is 2.61 bits per heavy atom. The highest BCUT2D eigenvalue weighted by molar-refractivity contribution is 7.89. The summed E-state index contributed by atoms with van der Waals surface area (Å²) >= 11 is 5.97. The van der Waals surface area contributed by atoms with E-state index in [0.29, 0.717) is 31.0 Å². The summed E-state index contributed by atoms with van der Waals surface area (Å²) in [4.78, 5) is 12.4. The number of sulfonamides is 1. The van der Waals surface area contributed by atoms with Gasteiger partial charge in [-0.1, -0.05) is 23.7 Å². The fourth-order valence-corrected chi connectivity index (χ4v) is 4.10. The van der Waals surface area contributed by atoms with Crippen molar-refractivity contribution in [2.45, 2.75) is 32.7 Å². The zero-order valence-corrected chi connectivity index (χ0v) is 15.0. The predicted octanol–water partition coefficient (Wildman–Crippen LogP) is 2.58. The van der Waals surface area contributed by atoms with Crippen molar-refractivity contribution in [3.8, 4) is 0 Å². The van der Waals surface area contributed by atoms with E-state index in [-0.39, 0.29) is 23.6 Å². The zero-order valence-electron chi connectivity index (χ0n) is 13.5. The molecule has 1 aromatic carbocycles. The molecule has 7 heteroatoms. The first kappa shape index (κ1) is 18.2. The van der Waals surface area contributed by atoms with Crippen molar-refractivity contribution in [2.24, 2.45) is 5.92 Å². The molecule has 5 nitrogen and oxygen atoms in total. The van der Waals surface area contributed by atoms with Crippen molar-refractivity contribution in [1.29, 1.82) is 0 Å². The molecule has 1 unspecified atom stereocenters. The number of rotatable bonds is 5. The van der Waals surface area contributed by atoms with Crippen molar-refractivity contribution in [1.82, 2.24) is 9.62 Å². The molecule has 1 fully saturated rings. The Hall–Kier alpha value is -1.11. The summed E-state index contributed by atoms with van der Waals surface area (Å²) in [7, 11) is -3.15. The first-order valence-corrected chi connectivity index (χ1v) is 9.86. The number of carbonyl (C=O) groups excluding carboxylic acids is 1. The van der Waals surface area contributed by atoms with Crippen LogP contribution in [0.1, 0.15) is 38.3 Å². The lowest BCUT2D eigenvalue weighted by Crippen LogP contribution is -2.43. The van der Waals surface area contributed by atoms with Gasteiger partial charge in [-0.2, -0.15) is 0 Å². The van der Waals surface area contributed by atoms with Crippen molar-refractivity contribution in [2.75, 3.05) is 18.8 Å². The molecule has 1 aromatic rings. The van der Waals surface area contributed by atoms with Gasteiger partial charge in [0.2, 0.25) is 15.9 Å². The predicted molar refractivity (Wildman–Crippen MR) is 91.8 cm³/mol. The van der Waals surface area contributed by atoms with Gasteiger partial charge in [0.25, 0.3) is 0 Å². The molecule has 0 bridgehead atoms. The molecule has 1 saturated heterocycles. The zero-order chi connectivity index (χ0) is 17.0. The molecule has 1 amide bonds. The third-order valence-electron chi connectivity index (χ3n) is 4.29. The normalized spacial score (nSPS) is 18.6. The number of amides is 1. The molecule has 0 aliphatic carbocycles. The number of nitrogens with one attached hydrogen (secondary N) is 1. The van der Waals surface area contributed by atoms with Crippen LogP contribution in [0.5, 0.6) is 0 Å². The van der Waals surface area contributed by atoms with Crippen LogP contribution in [0.15, 0.2) is 24.3 Å². The quantitative estimate of drug-likeness (QED) is 0.879. The van der Waals surface area contributed by atoms with Gasteiger partial charge in [-0.25, -0.2) is 12.7 Å². The van der Waals surface area contributed by atoms with Crippen LogP contribution < -0.4 is 5.32 Å². The lowest BCUT2D eigenvalue weighted by atomic mass is 9.96. The van der Waals surface area contributed by atoms with Gasteiger partial charge < -0.3 is 5.32 Å². The maximum atomic E-state index is 12.4. The van der Waals surface area contributed by atoms with Gasteiger partial charge in [0, 0.05) is 24.0 Å². The van der Waals surface area contributed by atoms with Crippen LogP contribution in [0.25, 0.3) is 0 Å². The summed E-state index contributed by atoms with van der Waals surface area (Å²) in [6, 6.07) is 7.28. The van der Waals surface area contributed by atoms with Crippen molar-refractivity contribution < 1.29 is 13.2 Å². The van der Waals surface area contributed by atoms with E-state index < -0.39 is 10.0 Å². The summed E-state index contributed by atoms with van der Waals surface area (Å²) in [6.07, 6.45) is 1.13. The Morgan fingerprint density at radius 1 is 1.39 bits per heavy atom. The van der Waals surface area contributed by atoms with Gasteiger partial charge in [-0.3, -0.25) is 4.79 Å². The van der Waals surface area contributed by atoms with E-state index in [0.717, 1.165) is 5.56 Å². The summed E-state index contributed by atoms with van der Waals surface area (Å²) in [5.41, 5.74) is 0.955. The summed E-state index contributed by atoms with van der Waals surface area (Å²) < 4.78 is 25.2. The smallest absolute Gasteiger partial charge is 0.223 e. The molecule has 0 radical (unpaired) electrons. The minimum Gasteiger partial charge on any atom is -0.349 e. The highest BCUT2D eigenvalue weighted by atomic mass is 35.5. The maximum Gasteiger partial charge on any atom is 0.223 e. The number of benzene rings is 1. The average Bonchev–Trinajstić information content (AvgIpc) is 2.55. The first-order valence-electron chi connectivity index (χ1n) is 7.87. The van der Waals surface area contributed by atoms with Crippen molar-refractivity contribution in [3.05, 3.63) is 34.9 Å². The standard InChI is InChI=1S/C16H23ClN2O3S/c1-3-23(21,22)19-9-7-13(8-10-19)16(20)18-12(2)14-5-4-6-15(17)11-14/h4-6,11-13H,3,7-10H2,1-2H3,(H,18,20). The van der Waals surface area contributed by atoms with Gasteiger partial charge in [-0.05, 0) is 44.4 Å². The van der Waals surface area contributed by atoms with Crippen LogP contribution in [0.3, 0.4) is 0 Å². The fourth-order valence-electron chi connectivity index (χ4n) is 2.77. The molecule has 1 aliphatic rings. The van der Waals surface area contributed by atoms with E-state index in [2.05, 4.69) is 5.32 Å². The SMILES string of the molecule is CCS(=O)(=O)N1CCC(C(=O)NC(C)c2cccc(Cl)c2)CC1. The minimum atomic E-state index is -3.15. The molecule has 1 heterocycles. The van der Waals surface area contributed by atoms with E-state index in [1.165, 1.54) is 4.31 Å². The topological polar surface area (TPSA) is 66.5 Å². The molecular weight excluding hydrogens is 336 g/mol. The Bertz CT molecular complexity index is 655. The number of nitrogens with zero attached hydrogens (tertiary/aromatic N) is 1. The maximum absolute atomic E-state index is 12.4. The molecule has 1 aliphatic heterocycles. The molecule has 128 valence electrons. The van der Waals surface area contributed by atoms with E-state index in [9.17, 15) is 13.2 Å². The van der Waals surface area contributed by atoms with Crippen LogP contribution in [-0.2, 0) is 14.8 Å². The average molecular weight is 359 g/mol. The highest BCUT2D eigenvalue weighted by Gasteiger charge is 2.30. The van der Waals surface area contributed by atoms with Crippen molar-refractivity contribution in [3.63, 3.8) is 0 Å². The summed E-state index contributed by atoms with van der Waals surface area (Å²) in [5, 5.41) is 3.64. The van der Waals surface area contributed by atoms with Crippen LogP contribution in [0.2, 0.25) is 5.02 Å². The van der Waals surface area contributed by atoms with Gasteiger partial charge in [0.15, 0.2) is 0 Å². The van der Waals surface area contributed by atoms with Gasteiger partial charge in [0.1, 0.15) is 0 Å². The Labute approximate surface area is 143 Å². The Morgan fingerprint density at radius 2 is 2.04 bits per heavy atom. The molecule has 2 rings (SSSR count). The van der Waals surface area contributed by atoms with Crippen LogP contribution in [-0.4, -0.2) is 37.5 Å². The van der Waals surface area contributed by atoms with Crippen LogP contribution in [0.4, 0.5) is 0 Å². The number of piperidine rings is 1. The second kappa shape index (κ2) is 7.64. The lowest BCUT2D eigenvalue weighted by Gasteiger charge is -2.31. The molecule has 0 spiro atoms. The summed E-state index contributed by atoms with van der Waals surface area (Å²) in [5.74, 6) is -0.0543. The van der Waals surface area contributed by atoms with Gasteiger partial charge in [0.05, 0.1) is 11.8 Å². The van der Waals surface area contributed by atoms with E-state index in [1.807, 2.05) is 25.1 Å². The lowest BCUT2D eigenvalue weighted by molar-refractivity contribution is -0.126. The molecule has 1 N–H and O–H groups in total. The largest absolute Gasteiger partial charge is 0.349 e. The van der Waals surface area contributed by atoms with Gasteiger partial charge >= 0.3 is 0 Å². The van der Waals surface area contributed by atoms with Crippen LogP contribution >= 0.6 is 11.6 Å². The highest BCUT2D eigenvalue weighted by Crippen LogP contribution is 2.22. The fraction of sp³-hybridized carbons (Fsp3) is 0.562. The molecule has 0 saturated carbocycles. The molecular formula is C16H23ClN2O3S. The third-order valence-corrected chi connectivity index (χ3v) is 6.41. The number of carbonyl (C=O) groups is 1. The number of halogens is 1. The third kappa shape index (κ3) is 4.68. The second-order valence-corrected chi connectivity index (χ2v) is 8.55. The summed E-state index contributed by atoms with van der Waals surface area (Å²) in [6.45, 7) is 4.39. The molecule has 0 aromatic heterocycles.